The fourth-order valence-corrected chi connectivity index (χ4v) is 3.45. The van der Waals surface area contributed by atoms with Crippen LogP contribution in [0.2, 0.25) is 5.02 Å². The molecule has 1 unspecified atom stereocenters. The van der Waals surface area contributed by atoms with E-state index in [4.69, 9.17) is 16.7 Å². The van der Waals surface area contributed by atoms with Crippen molar-refractivity contribution >= 4 is 35.0 Å². The minimum atomic E-state index is -0.873. The molecule has 2 aromatic carbocycles. The Labute approximate surface area is 201 Å². The molecule has 0 fully saturated rings. The number of carboxylic acid groups (broad SMARTS) is 1. The second-order valence-electron chi connectivity index (χ2n) is 7.38. The topological polar surface area (TPSA) is 113 Å². The van der Waals surface area contributed by atoms with Crippen LogP contribution in [0, 0.1) is 0 Å². The number of anilines is 2. The van der Waals surface area contributed by atoms with Gasteiger partial charge in [0.15, 0.2) is 5.82 Å². The number of rotatable bonds is 9. The molecule has 0 bridgehead atoms. The summed E-state index contributed by atoms with van der Waals surface area (Å²) >= 11 is 6.05. The summed E-state index contributed by atoms with van der Waals surface area (Å²) in [7, 11) is 0. The van der Waals surface area contributed by atoms with Crippen molar-refractivity contribution in [3.63, 3.8) is 0 Å². The van der Waals surface area contributed by atoms with Gasteiger partial charge >= 0.3 is 5.97 Å². The molecule has 2 heterocycles. The number of nitrogens with one attached hydrogen (secondary N) is 1. The summed E-state index contributed by atoms with van der Waals surface area (Å²) in [5.74, 6) is -0.0449. The van der Waals surface area contributed by atoms with E-state index in [1.807, 2.05) is 48.5 Å². The van der Waals surface area contributed by atoms with E-state index in [0.29, 0.717) is 28.9 Å². The Hall–Kier alpha value is -4.17. The van der Waals surface area contributed by atoms with Crippen LogP contribution in [0.25, 0.3) is 11.3 Å². The van der Waals surface area contributed by atoms with Crippen molar-refractivity contribution in [2.75, 3.05) is 5.32 Å². The number of aromatic nitrogens is 3. The van der Waals surface area contributed by atoms with Gasteiger partial charge in [-0.05, 0) is 48.4 Å². The number of aliphatic carboxylic acids is 1. The average Bonchev–Trinajstić information content (AvgIpc) is 2.85. The Bertz CT molecular complexity index is 1300. The van der Waals surface area contributed by atoms with Crippen LogP contribution in [0.15, 0.2) is 95.4 Å². The Kier molecular flexibility index (Phi) is 7.52. The SMILES string of the molecule is O=C(O)CCC(N=Nc1cc(-c2ccnc(Nc3cccc(Cl)c3)n2)ccn1)c1ccccc1. The van der Waals surface area contributed by atoms with Crippen LogP contribution in [0.1, 0.15) is 24.4 Å². The average molecular weight is 473 g/mol. The number of pyridine rings is 1. The van der Waals surface area contributed by atoms with E-state index in [1.165, 1.54) is 0 Å². The fraction of sp³-hybridized carbons (Fsp3) is 0.120. The first-order valence-corrected chi connectivity index (χ1v) is 10.9. The quantitative estimate of drug-likeness (QED) is 0.264. The molecular formula is C25H21ClN6O2. The number of carboxylic acids is 1. The third-order valence-electron chi connectivity index (χ3n) is 4.89. The Morgan fingerprint density at radius 1 is 1.00 bits per heavy atom. The maximum absolute atomic E-state index is 11.1. The third-order valence-corrected chi connectivity index (χ3v) is 5.13. The van der Waals surface area contributed by atoms with Crippen molar-refractivity contribution in [2.24, 2.45) is 10.2 Å². The van der Waals surface area contributed by atoms with Crippen LogP contribution in [0.4, 0.5) is 17.5 Å². The lowest BCUT2D eigenvalue weighted by Gasteiger charge is -2.10. The molecule has 8 nitrogen and oxygen atoms in total. The van der Waals surface area contributed by atoms with Crippen LogP contribution >= 0.6 is 11.6 Å². The summed E-state index contributed by atoms with van der Waals surface area (Å²) in [4.78, 5) is 24.2. The molecule has 0 saturated carbocycles. The molecule has 0 spiro atoms. The normalized spacial score (nSPS) is 11.9. The highest BCUT2D eigenvalue weighted by Gasteiger charge is 2.13. The van der Waals surface area contributed by atoms with Gasteiger partial charge in [-0.15, -0.1) is 5.11 Å². The highest BCUT2D eigenvalue weighted by Crippen LogP contribution is 2.27. The van der Waals surface area contributed by atoms with Crippen molar-refractivity contribution in [1.82, 2.24) is 15.0 Å². The number of hydrogen-bond acceptors (Lipinski definition) is 7. The molecule has 4 rings (SSSR count). The minimum absolute atomic E-state index is 0.00458. The molecule has 0 radical (unpaired) electrons. The molecule has 9 heteroatoms. The maximum atomic E-state index is 11.1. The van der Waals surface area contributed by atoms with E-state index in [0.717, 1.165) is 16.8 Å². The summed E-state index contributed by atoms with van der Waals surface area (Å²) in [6.45, 7) is 0. The molecule has 2 aromatic heterocycles. The second kappa shape index (κ2) is 11.1. The summed E-state index contributed by atoms with van der Waals surface area (Å²) in [6, 6.07) is 21.8. The third kappa shape index (κ3) is 6.43. The largest absolute Gasteiger partial charge is 0.481 e. The van der Waals surface area contributed by atoms with Crippen molar-refractivity contribution < 1.29 is 9.90 Å². The first-order valence-electron chi connectivity index (χ1n) is 10.6. The van der Waals surface area contributed by atoms with Crippen LogP contribution in [-0.4, -0.2) is 26.0 Å². The van der Waals surface area contributed by atoms with Crippen LogP contribution < -0.4 is 5.32 Å². The molecule has 0 aliphatic heterocycles. The van der Waals surface area contributed by atoms with Crippen molar-refractivity contribution in [3.05, 3.63) is 95.8 Å². The van der Waals surface area contributed by atoms with Gasteiger partial charge < -0.3 is 10.4 Å². The van der Waals surface area contributed by atoms with Gasteiger partial charge in [-0.25, -0.2) is 15.0 Å². The van der Waals surface area contributed by atoms with E-state index >= 15 is 0 Å². The van der Waals surface area contributed by atoms with Crippen LogP contribution in [-0.2, 0) is 4.79 Å². The van der Waals surface area contributed by atoms with E-state index in [1.54, 1.807) is 36.7 Å². The second-order valence-corrected chi connectivity index (χ2v) is 7.81. The molecule has 4 aromatic rings. The first-order chi connectivity index (χ1) is 16.6. The Morgan fingerprint density at radius 2 is 1.82 bits per heavy atom. The molecule has 2 N–H and O–H groups in total. The van der Waals surface area contributed by atoms with Gasteiger partial charge in [-0.2, -0.15) is 5.11 Å². The summed E-state index contributed by atoms with van der Waals surface area (Å²) in [5, 5.41) is 21.5. The fourth-order valence-electron chi connectivity index (χ4n) is 3.26. The molecule has 0 amide bonds. The minimum Gasteiger partial charge on any atom is -0.481 e. The van der Waals surface area contributed by atoms with Gasteiger partial charge in [0, 0.05) is 35.1 Å². The first kappa shape index (κ1) is 23.0. The van der Waals surface area contributed by atoms with Gasteiger partial charge in [-0.1, -0.05) is 48.0 Å². The zero-order valence-electron chi connectivity index (χ0n) is 18.0. The molecular weight excluding hydrogens is 452 g/mol. The summed E-state index contributed by atoms with van der Waals surface area (Å²) < 4.78 is 0. The summed E-state index contributed by atoms with van der Waals surface area (Å²) in [5.41, 5.74) is 3.16. The summed E-state index contributed by atoms with van der Waals surface area (Å²) in [6.07, 6.45) is 3.63. The smallest absolute Gasteiger partial charge is 0.303 e. The van der Waals surface area contributed by atoms with E-state index in [2.05, 4.69) is 30.5 Å². The van der Waals surface area contributed by atoms with Gasteiger partial charge in [0.1, 0.15) is 0 Å². The maximum Gasteiger partial charge on any atom is 0.303 e. The van der Waals surface area contributed by atoms with Crippen molar-refractivity contribution in [2.45, 2.75) is 18.9 Å². The van der Waals surface area contributed by atoms with E-state index in [9.17, 15) is 4.79 Å². The molecule has 170 valence electrons. The number of azo groups is 1. The predicted octanol–water partition coefficient (Wildman–Crippen LogP) is 6.63. The number of benzene rings is 2. The van der Waals surface area contributed by atoms with Crippen LogP contribution in [0.3, 0.4) is 0 Å². The van der Waals surface area contributed by atoms with E-state index < -0.39 is 5.97 Å². The monoisotopic (exact) mass is 472 g/mol. The number of nitrogens with zero attached hydrogens (tertiary/aromatic N) is 5. The lowest BCUT2D eigenvalue weighted by Crippen LogP contribution is -2.01. The van der Waals surface area contributed by atoms with Crippen molar-refractivity contribution in [3.8, 4) is 11.3 Å². The highest BCUT2D eigenvalue weighted by molar-refractivity contribution is 6.30. The van der Waals surface area contributed by atoms with Gasteiger partial charge in [0.2, 0.25) is 5.95 Å². The molecule has 1 atom stereocenters. The van der Waals surface area contributed by atoms with Crippen LogP contribution in [0.5, 0.6) is 0 Å². The number of carbonyl (C=O) groups is 1. The lowest BCUT2D eigenvalue weighted by atomic mass is 10.0. The van der Waals surface area contributed by atoms with Crippen molar-refractivity contribution in [1.29, 1.82) is 0 Å². The van der Waals surface area contributed by atoms with Gasteiger partial charge in [0.25, 0.3) is 0 Å². The van der Waals surface area contributed by atoms with Gasteiger partial charge in [-0.3, -0.25) is 4.79 Å². The number of halogens is 1. The van der Waals surface area contributed by atoms with Gasteiger partial charge in [0.05, 0.1) is 11.7 Å². The molecule has 0 saturated heterocycles. The predicted molar refractivity (Wildman–Crippen MR) is 131 cm³/mol. The number of hydrogen-bond donors (Lipinski definition) is 2. The zero-order chi connectivity index (χ0) is 23.8. The lowest BCUT2D eigenvalue weighted by molar-refractivity contribution is -0.137. The highest BCUT2D eigenvalue weighted by atomic mass is 35.5. The van der Waals surface area contributed by atoms with E-state index in [-0.39, 0.29) is 12.5 Å². The Balaban J connectivity index is 1.54. The standard InChI is InChI=1S/C25H21ClN6O2/c26-19-7-4-8-20(16-19)29-25-28-14-12-21(30-25)18-11-13-27-23(15-18)32-31-22(9-10-24(33)34)17-5-2-1-3-6-17/h1-8,11-16,22H,9-10H2,(H,33,34)(H,28,29,30). The zero-order valence-corrected chi connectivity index (χ0v) is 18.8. The Morgan fingerprint density at radius 3 is 2.62 bits per heavy atom. The molecule has 34 heavy (non-hydrogen) atoms. The molecule has 0 aliphatic rings. The molecule has 0 aliphatic carbocycles.